The zero-order valence-electron chi connectivity index (χ0n) is 15.7. The van der Waals surface area contributed by atoms with Gasteiger partial charge in [-0.2, -0.15) is 0 Å². The summed E-state index contributed by atoms with van der Waals surface area (Å²) in [4.78, 5) is 0. The summed E-state index contributed by atoms with van der Waals surface area (Å²) < 4.78 is 13.0. The molecule has 1 aliphatic rings. The summed E-state index contributed by atoms with van der Waals surface area (Å²) >= 11 is 0. The fourth-order valence-electron chi connectivity index (χ4n) is 4.26. The second-order valence-corrected chi connectivity index (χ2v) is 7.89. The van der Waals surface area contributed by atoms with Crippen LogP contribution in [0.25, 0.3) is 0 Å². The van der Waals surface area contributed by atoms with Crippen LogP contribution in [0.4, 0.5) is 4.39 Å². The van der Waals surface area contributed by atoms with E-state index in [0.29, 0.717) is 5.92 Å². The van der Waals surface area contributed by atoms with Crippen molar-refractivity contribution in [2.75, 3.05) is 0 Å². The van der Waals surface area contributed by atoms with Crippen molar-refractivity contribution in [2.45, 2.75) is 103 Å². The summed E-state index contributed by atoms with van der Waals surface area (Å²) in [6, 6.07) is 7.20. The van der Waals surface area contributed by atoms with Gasteiger partial charge in [-0.25, -0.2) is 4.39 Å². The maximum absolute atomic E-state index is 13.0. The van der Waals surface area contributed by atoms with Crippen molar-refractivity contribution >= 4 is 0 Å². The Labute approximate surface area is 149 Å². The van der Waals surface area contributed by atoms with Gasteiger partial charge >= 0.3 is 0 Å². The topological polar surface area (TPSA) is 0 Å². The minimum atomic E-state index is -0.113. The number of unbranched alkanes of at least 4 members (excludes halogenated alkanes) is 8. The lowest BCUT2D eigenvalue weighted by Crippen LogP contribution is -2.13. The molecular weight excluding hydrogens is 295 g/mol. The van der Waals surface area contributed by atoms with Crippen molar-refractivity contribution in [2.24, 2.45) is 5.92 Å². The normalized spacial score (nSPS) is 21.1. The molecule has 1 fully saturated rings. The van der Waals surface area contributed by atoms with E-state index < -0.39 is 0 Å². The largest absolute Gasteiger partial charge is 0.207 e. The second kappa shape index (κ2) is 11.7. The molecule has 2 rings (SSSR count). The number of benzene rings is 1. The molecule has 0 amide bonds. The summed E-state index contributed by atoms with van der Waals surface area (Å²) in [5.74, 6) is 1.51. The van der Waals surface area contributed by atoms with Gasteiger partial charge in [-0.05, 0) is 55.2 Å². The molecule has 0 aliphatic heterocycles. The highest BCUT2D eigenvalue weighted by Crippen LogP contribution is 2.37. The third-order valence-electron chi connectivity index (χ3n) is 5.90. The lowest BCUT2D eigenvalue weighted by Gasteiger charge is -2.28. The van der Waals surface area contributed by atoms with Crippen molar-refractivity contribution in [1.29, 1.82) is 0 Å². The van der Waals surface area contributed by atoms with Gasteiger partial charge in [-0.1, -0.05) is 83.3 Å². The monoisotopic (exact) mass is 332 g/mol. The summed E-state index contributed by atoms with van der Waals surface area (Å²) in [6.45, 7) is 2.28. The highest BCUT2D eigenvalue weighted by Gasteiger charge is 2.21. The van der Waals surface area contributed by atoms with Crippen LogP contribution in [0.3, 0.4) is 0 Å². The van der Waals surface area contributed by atoms with E-state index in [1.165, 1.54) is 95.5 Å². The lowest BCUT2D eigenvalue weighted by atomic mass is 9.77. The molecule has 0 bridgehead atoms. The molecule has 0 saturated heterocycles. The van der Waals surface area contributed by atoms with Crippen LogP contribution in [0.5, 0.6) is 0 Å². The van der Waals surface area contributed by atoms with E-state index in [-0.39, 0.29) is 5.82 Å². The van der Waals surface area contributed by atoms with Crippen molar-refractivity contribution < 1.29 is 4.39 Å². The van der Waals surface area contributed by atoms with E-state index in [1.54, 1.807) is 12.1 Å². The fourth-order valence-corrected chi connectivity index (χ4v) is 4.26. The Morgan fingerprint density at radius 3 is 1.88 bits per heavy atom. The molecule has 1 aliphatic carbocycles. The van der Waals surface area contributed by atoms with Crippen LogP contribution in [0.1, 0.15) is 108 Å². The first-order chi connectivity index (χ1) is 11.8. The smallest absolute Gasteiger partial charge is 0.123 e. The molecular formula is C23H37F. The summed E-state index contributed by atoms with van der Waals surface area (Å²) in [5, 5.41) is 0. The van der Waals surface area contributed by atoms with Gasteiger partial charge in [0.05, 0.1) is 0 Å². The second-order valence-electron chi connectivity index (χ2n) is 7.89. The van der Waals surface area contributed by atoms with Crippen LogP contribution in [0.15, 0.2) is 24.3 Å². The predicted molar refractivity (Wildman–Crippen MR) is 103 cm³/mol. The lowest BCUT2D eigenvalue weighted by molar-refractivity contribution is 0.301. The molecule has 0 radical (unpaired) electrons. The molecule has 0 spiro atoms. The van der Waals surface area contributed by atoms with Gasteiger partial charge < -0.3 is 0 Å². The zero-order valence-corrected chi connectivity index (χ0v) is 15.7. The van der Waals surface area contributed by atoms with Crippen LogP contribution < -0.4 is 0 Å². The minimum absolute atomic E-state index is 0.113. The summed E-state index contributed by atoms with van der Waals surface area (Å²) in [7, 11) is 0. The number of hydrogen-bond donors (Lipinski definition) is 0. The first-order valence-electron chi connectivity index (χ1n) is 10.5. The van der Waals surface area contributed by atoms with Gasteiger partial charge in [0.2, 0.25) is 0 Å². The van der Waals surface area contributed by atoms with Crippen molar-refractivity contribution in [1.82, 2.24) is 0 Å². The maximum atomic E-state index is 13.0. The zero-order chi connectivity index (χ0) is 17.0. The average molecular weight is 333 g/mol. The Morgan fingerprint density at radius 1 is 0.750 bits per heavy atom. The summed E-state index contributed by atoms with van der Waals surface area (Å²) in [5.41, 5.74) is 1.35. The van der Waals surface area contributed by atoms with Gasteiger partial charge in [-0.3, -0.25) is 0 Å². The molecule has 0 N–H and O–H groups in total. The molecule has 0 heterocycles. The first kappa shape index (κ1) is 19.5. The molecule has 0 unspecified atom stereocenters. The Bertz CT molecular complexity index is 414. The van der Waals surface area contributed by atoms with Crippen molar-refractivity contribution in [3.05, 3.63) is 35.6 Å². The highest BCUT2D eigenvalue weighted by molar-refractivity contribution is 5.20. The van der Waals surface area contributed by atoms with Gasteiger partial charge in [0.25, 0.3) is 0 Å². The van der Waals surface area contributed by atoms with Crippen LogP contribution in [-0.2, 0) is 0 Å². The molecule has 0 atom stereocenters. The highest BCUT2D eigenvalue weighted by atomic mass is 19.1. The van der Waals surface area contributed by atoms with Gasteiger partial charge in [0, 0.05) is 0 Å². The molecule has 1 saturated carbocycles. The van der Waals surface area contributed by atoms with Gasteiger partial charge in [0.1, 0.15) is 5.82 Å². The Hall–Kier alpha value is -0.850. The first-order valence-corrected chi connectivity index (χ1v) is 10.5. The molecule has 0 aromatic heterocycles. The Kier molecular flexibility index (Phi) is 9.46. The minimum Gasteiger partial charge on any atom is -0.207 e. The average Bonchev–Trinajstić information content (AvgIpc) is 2.62. The third-order valence-corrected chi connectivity index (χ3v) is 5.90. The van der Waals surface area contributed by atoms with E-state index in [0.717, 1.165) is 5.92 Å². The van der Waals surface area contributed by atoms with E-state index in [4.69, 9.17) is 0 Å². The van der Waals surface area contributed by atoms with Crippen molar-refractivity contribution in [3.8, 4) is 0 Å². The SMILES string of the molecule is CCCCCCCCCCC[C@H]1CC[C@H](c2ccc(F)cc2)CC1. The van der Waals surface area contributed by atoms with Crippen molar-refractivity contribution in [3.63, 3.8) is 0 Å². The fraction of sp³-hybridized carbons (Fsp3) is 0.739. The maximum Gasteiger partial charge on any atom is 0.123 e. The van der Waals surface area contributed by atoms with Crippen LogP contribution in [0, 0.1) is 11.7 Å². The molecule has 1 aromatic carbocycles. The molecule has 1 aromatic rings. The Balaban J connectivity index is 1.49. The molecule has 0 nitrogen and oxygen atoms in total. The molecule has 136 valence electrons. The van der Waals surface area contributed by atoms with E-state index >= 15 is 0 Å². The predicted octanol–water partition coefficient (Wildman–Crippen LogP) is 8.02. The van der Waals surface area contributed by atoms with E-state index in [1.807, 2.05) is 12.1 Å². The van der Waals surface area contributed by atoms with Crippen LogP contribution in [-0.4, -0.2) is 0 Å². The van der Waals surface area contributed by atoms with E-state index in [9.17, 15) is 4.39 Å². The van der Waals surface area contributed by atoms with Gasteiger partial charge in [-0.15, -0.1) is 0 Å². The Morgan fingerprint density at radius 2 is 1.29 bits per heavy atom. The third kappa shape index (κ3) is 7.36. The van der Waals surface area contributed by atoms with Crippen LogP contribution >= 0.6 is 0 Å². The van der Waals surface area contributed by atoms with E-state index in [2.05, 4.69) is 6.92 Å². The molecule has 1 heteroatoms. The quantitative estimate of drug-likeness (QED) is 0.360. The number of halogens is 1. The standard InChI is InChI=1S/C23H37F/c1-2-3-4-5-6-7-8-9-10-11-20-12-14-21(15-13-20)22-16-18-23(24)19-17-22/h16-21H,2-15H2,1H3/t20-,21-. The summed E-state index contributed by atoms with van der Waals surface area (Å²) in [6.07, 6.45) is 19.6. The van der Waals surface area contributed by atoms with Gasteiger partial charge in [0.15, 0.2) is 0 Å². The number of rotatable bonds is 11. The molecule has 24 heavy (non-hydrogen) atoms. The van der Waals surface area contributed by atoms with Crippen LogP contribution in [0.2, 0.25) is 0 Å². The number of hydrogen-bond acceptors (Lipinski definition) is 0.